The highest BCUT2D eigenvalue weighted by molar-refractivity contribution is 5.61. The lowest BCUT2D eigenvalue weighted by Crippen LogP contribution is -2.04. The fourth-order valence-electron chi connectivity index (χ4n) is 1.93. The smallest absolute Gasteiger partial charge is 0.182 e. The second-order valence-electron chi connectivity index (χ2n) is 4.52. The second kappa shape index (κ2) is 6.95. The Hall–Kier alpha value is -2.02. The Morgan fingerprint density at radius 3 is 2.90 bits per heavy atom. The molecule has 1 aromatic heterocycles. The molecule has 2 N–H and O–H groups in total. The van der Waals surface area contributed by atoms with Crippen molar-refractivity contribution >= 4 is 5.69 Å². The number of halogens is 1. The van der Waals surface area contributed by atoms with Gasteiger partial charge < -0.3 is 10.5 Å². The van der Waals surface area contributed by atoms with Crippen molar-refractivity contribution in [2.45, 2.75) is 25.8 Å². The van der Waals surface area contributed by atoms with Gasteiger partial charge in [-0.05, 0) is 47.9 Å². The first-order valence-electron chi connectivity index (χ1n) is 6.53. The summed E-state index contributed by atoms with van der Waals surface area (Å²) in [6.07, 6.45) is 3.01. The summed E-state index contributed by atoms with van der Waals surface area (Å²) in [6, 6.07) is 4.49. The van der Waals surface area contributed by atoms with E-state index in [1.54, 1.807) is 23.9 Å². The number of unbranched alkanes of at least 4 members (excludes halogenated alkanes) is 2. The van der Waals surface area contributed by atoms with Crippen molar-refractivity contribution in [2.75, 3.05) is 19.5 Å². The van der Waals surface area contributed by atoms with Crippen molar-refractivity contribution in [3.8, 4) is 11.4 Å². The maximum absolute atomic E-state index is 13.2. The quantitative estimate of drug-likeness (QED) is 0.618. The molecule has 0 amide bonds. The molecule has 0 atom stereocenters. The Morgan fingerprint density at radius 1 is 1.30 bits per heavy atom. The van der Waals surface area contributed by atoms with Gasteiger partial charge in [0.05, 0.1) is 5.69 Å². The molecule has 0 aliphatic heterocycles. The summed E-state index contributed by atoms with van der Waals surface area (Å²) >= 11 is 0. The van der Waals surface area contributed by atoms with E-state index >= 15 is 0 Å². The molecule has 0 saturated carbocycles. The third-order valence-electron chi connectivity index (χ3n) is 3.00. The molecule has 2 rings (SSSR count). The molecule has 0 radical (unpaired) electrons. The van der Waals surface area contributed by atoms with Crippen LogP contribution in [0.25, 0.3) is 11.4 Å². The summed E-state index contributed by atoms with van der Waals surface area (Å²) in [4.78, 5) is 0. The minimum absolute atomic E-state index is 0.0946. The Labute approximate surface area is 116 Å². The van der Waals surface area contributed by atoms with Gasteiger partial charge in [0, 0.05) is 25.8 Å². The molecule has 0 bridgehead atoms. The third kappa shape index (κ3) is 3.51. The number of nitrogens with zero attached hydrogens (tertiary/aromatic N) is 4. The van der Waals surface area contributed by atoms with Crippen LogP contribution in [0.1, 0.15) is 19.3 Å². The number of tetrazole rings is 1. The number of ether oxygens (including phenoxy) is 1. The first-order valence-corrected chi connectivity index (χ1v) is 6.53. The number of aromatic nitrogens is 4. The highest BCUT2D eigenvalue weighted by Gasteiger charge is 2.10. The molecule has 0 spiro atoms. The Morgan fingerprint density at radius 2 is 2.15 bits per heavy atom. The molecule has 1 heterocycles. The Kier molecular flexibility index (Phi) is 5.00. The number of methoxy groups -OCH3 is 1. The zero-order valence-electron chi connectivity index (χ0n) is 11.4. The zero-order chi connectivity index (χ0) is 14.4. The van der Waals surface area contributed by atoms with E-state index in [0.717, 1.165) is 25.9 Å². The van der Waals surface area contributed by atoms with Crippen LogP contribution < -0.4 is 5.73 Å². The van der Waals surface area contributed by atoms with Crippen molar-refractivity contribution in [1.29, 1.82) is 0 Å². The molecule has 0 aliphatic rings. The van der Waals surface area contributed by atoms with Crippen molar-refractivity contribution in [3.63, 3.8) is 0 Å². The van der Waals surface area contributed by atoms with Crippen LogP contribution in [-0.4, -0.2) is 33.9 Å². The molecule has 1 aromatic carbocycles. The summed E-state index contributed by atoms with van der Waals surface area (Å²) in [7, 11) is 1.69. The van der Waals surface area contributed by atoms with Gasteiger partial charge in [-0.1, -0.05) is 0 Å². The number of hydrogen-bond acceptors (Lipinski definition) is 5. The fourth-order valence-corrected chi connectivity index (χ4v) is 1.93. The number of aryl methyl sites for hydroxylation is 1. The minimum Gasteiger partial charge on any atom is -0.396 e. The van der Waals surface area contributed by atoms with Crippen LogP contribution in [-0.2, 0) is 11.3 Å². The first-order chi connectivity index (χ1) is 9.72. The van der Waals surface area contributed by atoms with Gasteiger partial charge in [-0.3, -0.25) is 0 Å². The van der Waals surface area contributed by atoms with E-state index in [4.69, 9.17) is 10.5 Å². The highest BCUT2D eigenvalue weighted by atomic mass is 19.1. The lowest BCUT2D eigenvalue weighted by molar-refractivity contribution is 0.191. The SMILES string of the molecule is COCCCCCn1nnnc1-c1ccc(F)c(N)c1. The first kappa shape index (κ1) is 14.4. The number of hydrogen-bond donors (Lipinski definition) is 1. The van der Waals surface area contributed by atoms with Gasteiger partial charge in [0.2, 0.25) is 0 Å². The van der Waals surface area contributed by atoms with E-state index in [1.165, 1.54) is 6.07 Å². The molecule has 0 aliphatic carbocycles. The van der Waals surface area contributed by atoms with E-state index < -0.39 is 5.82 Å². The molecule has 0 unspecified atom stereocenters. The third-order valence-corrected chi connectivity index (χ3v) is 3.00. The van der Waals surface area contributed by atoms with E-state index in [9.17, 15) is 4.39 Å². The summed E-state index contributed by atoms with van der Waals surface area (Å²) in [5.41, 5.74) is 6.37. The molecule has 6 nitrogen and oxygen atoms in total. The summed E-state index contributed by atoms with van der Waals surface area (Å²) < 4.78 is 19.9. The fraction of sp³-hybridized carbons (Fsp3) is 0.462. The number of rotatable bonds is 7. The molecule has 108 valence electrons. The number of benzene rings is 1. The topological polar surface area (TPSA) is 78.8 Å². The van der Waals surface area contributed by atoms with E-state index in [1.807, 2.05) is 0 Å². The predicted octanol–water partition coefficient (Wildman–Crippen LogP) is 1.88. The van der Waals surface area contributed by atoms with Crippen molar-refractivity contribution in [1.82, 2.24) is 20.2 Å². The Bertz CT molecular complexity index is 557. The van der Waals surface area contributed by atoms with Gasteiger partial charge in [0.25, 0.3) is 0 Å². The van der Waals surface area contributed by atoms with Crippen LogP contribution in [0.4, 0.5) is 10.1 Å². The highest BCUT2D eigenvalue weighted by Crippen LogP contribution is 2.21. The van der Waals surface area contributed by atoms with Crippen LogP contribution in [0.15, 0.2) is 18.2 Å². The average Bonchev–Trinajstić information content (AvgIpc) is 2.90. The number of nitrogen functional groups attached to an aromatic ring is 1. The molecule has 20 heavy (non-hydrogen) atoms. The monoisotopic (exact) mass is 279 g/mol. The van der Waals surface area contributed by atoms with Gasteiger partial charge in [-0.25, -0.2) is 9.07 Å². The zero-order valence-corrected chi connectivity index (χ0v) is 11.4. The lowest BCUT2D eigenvalue weighted by Gasteiger charge is -2.05. The largest absolute Gasteiger partial charge is 0.396 e. The van der Waals surface area contributed by atoms with Gasteiger partial charge in [-0.15, -0.1) is 5.10 Å². The number of anilines is 1. The number of nitrogens with two attached hydrogens (primary N) is 1. The lowest BCUT2D eigenvalue weighted by atomic mass is 10.2. The summed E-state index contributed by atoms with van der Waals surface area (Å²) in [6.45, 7) is 1.47. The van der Waals surface area contributed by atoms with Crippen LogP contribution in [0.5, 0.6) is 0 Å². The standard InChI is InChI=1S/C13H18FN5O/c1-20-8-4-2-3-7-19-13(16-17-18-19)10-5-6-11(14)12(15)9-10/h5-6,9H,2-4,7-8,15H2,1H3. The Balaban J connectivity index is 2.02. The minimum atomic E-state index is -0.438. The van der Waals surface area contributed by atoms with Gasteiger partial charge >= 0.3 is 0 Å². The van der Waals surface area contributed by atoms with Crippen molar-refractivity contribution in [2.24, 2.45) is 0 Å². The van der Waals surface area contributed by atoms with Gasteiger partial charge in [0.1, 0.15) is 5.82 Å². The van der Waals surface area contributed by atoms with E-state index in [0.29, 0.717) is 17.9 Å². The molecular weight excluding hydrogens is 261 g/mol. The normalized spacial score (nSPS) is 10.9. The summed E-state index contributed by atoms with van der Waals surface area (Å²) in [5.74, 6) is 0.163. The average molecular weight is 279 g/mol. The second-order valence-corrected chi connectivity index (χ2v) is 4.52. The molecule has 0 fully saturated rings. The van der Waals surface area contributed by atoms with Gasteiger partial charge in [-0.2, -0.15) is 0 Å². The van der Waals surface area contributed by atoms with Crippen LogP contribution in [0.3, 0.4) is 0 Å². The predicted molar refractivity (Wildman–Crippen MR) is 73.4 cm³/mol. The van der Waals surface area contributed by atoms with Crippen LogP contribution in [0, 0.1) is 5.82 Å². The van der Waals surface area contributed by atoms with Crippen molar-refractivity contribution in [3.05, 3.63) is 24.0 Å². The molecular formula is C13H18FN5O. The van der Waals surface area contributed by atoms with Crippen LogP contribution >= 0.6 is 0 Å². The maximum atomic E-state index is 13.2. The molecule has 7 heteroatoms. The van der Waals surface area contributed by atoms with Gasteiger partial charge in [0.15, 0.2) is 5.82 Å². The summed E-state index contributed by atoms with van der Waals surface area (Å²) in [5, 5.41) is 11.6. The van der Waals surface area contributed by atoms with Crippen LogP contribution in [0.2, 0.25) is 0 Å². The van der Waals surface area contributed by atoms with Crippen molar-refractivity contribution < 1.29 is 9.13 Å². The maximum Gasteiger partial charge on any atom is 0.182 e. The molecule has 0 saturated heterocycles. The van der Waals surface area contributed by atoms with E-state index in [2.05, 4.69) is 15.5 Å². The van der Waals surface area contributed by atoms with E-state index in [-0.39, 0.29) is 5.69 Å². The molecule has 2 aromatic rings.